The molecule has 3 aromatic carbocycles. The number of oxime groups is 1. The van der Waals surface area contributed by atoms with E-state index in [0.29, 0.717) is 17.4 Å². The quantitative estimate of drug-likeness (QED) is 0.660. The lowest BCUT2D eigenvalue weighted by molar-refractivity contribution is -0.00738. The van der Waals surface area contributed by atoms with Gasteiger partial charge in [0.05, 0.1) is 11.3 Å². The van der Waals surface area contributed by atoms with E-state index < -0.39 is 11.6 Å². The Morgan fingerprint density at radius 3 is 2.26 bits per heavy atom. The normalized spacial score (nSPS) is 18.3. The minimum Gasteiger partial charge on any atom is -0.478 e. The van der Waals surface area contributed by atoms with Gasteiger partial charge in [-0.1, -0.05) is 79.7 Å². The molecule has 0 spiro atoms. The average Bonchev–Trinajstić information content (AvgIpc) is 3.12. The second-order valence-corrected chi connectivity index (χ2v) is 6.41. The van der Waals surface area contributed by atoms with Gasteiger partial charge < -0.3 is 9.94 Å². The Morgan fingerprint density at radius 1 is 0.963 bits per heavy atom. The average molecular weight is 361 g/mol. The van der Waals surface area contributed by atoms with E-state index in [9.17, 15) is 9.90 Å². The SMILES string of the molecule is CC.CC1(c2ccccc2)CC(c2ccc(C(=O)O)c3ccccc23)=NO1. The molecule has 3 aromatic rings. The number of rotatable bonds is 3. The second kappa shape index (κ2) is 7.62. The van der Waals surface area contributed by atoms with Gasteiger partial charge in [0.2, 0.25) is 0 Å². The minimum atomic E-state index is -0.929. The van der Waals surface area contributed by atoms with Crippen LogP contribution >= 0.6 is 0 Å². The van der Waals surface area contributed by atoms with E-state index in [-0.39, 0.29) is 0 Å². The highest BCUT2D eigenvalue weighted by molar-refractivity contribution is 6.15. The molecule has 0 amide bonds. The van der Waals surface area contributed by atoms with Gasteiger partial charge in [-0.15, -0.1) is 0 Å². The Bertz CT molecular complexity index is 995. The first kappa shape index (κ1) is 18.6. The Kier molecular flexibility index (Phi) is 5.26. The summed E-state index contributed by atoms with van der Waals surface area (Å²) in [6.07, 6.45) is 0.632. The van der Waals surface area contributed by atoms with E-state index in [4.69, 9.17) is 4.84 Å². The lowest BCUT2D eigenvalue weighted by atomic mass is 9.87. The molecule has 4 heteroatoms. The summed E-state index contributed by atoms with van der Waals surface area (Å²) in [6, 6.07) is 21.0. The number of hydrogen-bond acceptors (Lipinski definition) is 3. The lowest BCUT2D eigenvalue weighted by Gasteiger charge is -2.21. The molecule has 4 rings (SSSR count). The van der Waals surface area contributed by atoms with Crippen LogP contribution in [0.1, 0.15) is 48.7 Å². The molecule has 1 unspecified atom stereocenters. The predicted molar refractivity (Wildman–Crippen MR) is 108 cm³/mol. The van der Waals surface area contributed by atoms with Crippen LogP contribution in [0.3, 0.4) is 0 Å². The fourth-order valence-electron chi connectivity index (χ4n) is 3.37. The van der Waals surface area contributed by atoms with Crippen molar-refractivity contribution in [3.05, 3.63) is 83.4 Å². The molecule has 0 aromatic heterocycles. The molecule has 0 fully saturated rings. The zero-order valence-electron chi connectivity index (χ0n) is 15.8. The molecule has 1 aliphatic rings. The monoisotopic (exact) mass is 361 g/mol. The summed E-state index contributed by atoms with van der Waals surface area (Å²) in [5.41, 5.74) is 2.60. The van der Waals surface area contributed by atoms with Crippen LogP contribution in [0.15, 0.2) is 71.9 Å². The van der Waals surface area contributed by atoms with Crippen molar-refractivity contribution < 1.29 is 14.7 Å². The fourth-order valence-corrected chi connectivity index (χ4v) is 3.37. The highest BCUT2D eigenvalue weighted by atomic mass is 16.7. The van der Waals surface area contributed by atoms with Crippen LogP contribution in [-0.2, 0) is 10.4 Å². The number of carboxylic acid groups (broad SMARTS) is 1. The van der Waals surface area contributed by atoms with Crippen LogP contribution in [0.5, 0.6) is 0 Å². The molecule has 1 N–H and O–H groups in total. The highest BCUT2D eigenvalue weighted by Crippen LogP contribution is 2.37. The molecule has 0 saturated heterocycles. The highest BCUT2D eigenvalue weighted by Gasteiger charge is 2.37. The van der Waals surface area contributed by atoms with Crippen molar-refractivity contribution in [3.8, 4) is 0 Å². The van der Waals surface area contributed by atoms with E-state index in [1.807, 2.05) is 81.4 Å². The number of carboxylic acids is 1. The molecule has 0 aliphatic carbocycles. The molecular formula is C23H23NO3. The van der Waals surface area contributed by atoms with E-state index in [1.165, 1.54) is 0 Å². The lowest BCUT2D eigenvalue weighted by Crippen LogP contribution is -2.21. The minimum absolute atomic E-state index is 0.296. The van der Waals surface area contributed by atoms with Crippen molar-refractivity contribution in [2.75, 3.05) is 0 Å². The van der Waals surface area contributed by atoms with Crippen LogP contribution < -0.4 is 0 Å². The predicted octanol–water partition coefficient (Wildman–Crippen LogP) is 5.60. The maximum atomic E-state index is 11.5. The van der Waals surface area contributed by atoms with Gasteiger partial charge in [0.1, 0.15) is 0 Å². The number of hydrogen-bond donors (Lipinski definition) is 1. The Hall–Kier alpha value is -3.14. The summed E-state index contributed by atoms with van der Waals surface area (Å²) in [6.45, 7) is 6.02. The smallest absolute Gasteiger partial charge is 0.336 e. The molecule has 27 heavy (non-hydrogen) atoms. The Morgan fingerprint density at radius 2 is 1.59 bits per heavy atom. The third kappa shape index (κ3) is 3.43. The summed E-state index contributed by atoms with van der Waals surface area (Å²) in [7, 11) is 0. The maximum Gasteiger partial charge on any atom is 0.336 e. The van der Waals surface area contributed by atoms with Crippen molar-refractivity contribution in [1.29, 1.82) is 0 Å². The maximum absolute atomic E-state index is 11.5. The summed E-state index contributed by atoms with van der Waals surface area (Å²) in [4.78, 5) is 17.3. The summed E-state index contributed by atoms with van der Waals surface area (Å²) in [5.74, 6) is -0.929. The molecule has 1 aliphatic heterocycles. The van der Waals surface area contributed by atoms with Gasteiger partial charge in [0, 0.05) is 12.0 Å². The van der Waals surface area contributed by atoms with Crippen molar-refractivity contribution in [2.24, 2.45) is 5.16 Å². The number of aromatic carboxylic acids is 1. The topological polar surface area (TPSA) is 58.9 Å². The summed E-state index contributed by atoms with van der Waals surface area (Å²) >= 11 is 0. The molecule has 0 bridgehead atoms. The van der Waals surface area contributed by atoms with Crippen molar-refractivity contribution in [2.45, 2.75) is 32.8 Å². The zero-order valence-corrected chi connectivity index (χ0v) is 15.8. The van der Waals surface area contributed by atoms with Gasteiger partial charge in [-0.05, 0) is 29.3 Å². The van der Waals surface area contributed by atoms with Gasteiger partial charge >= 0.3 is 5.97 Å². The standard InChI is InChI=1S/C21H17NO3.C2H6/c1-21(14-7-3-2-4-8-14)13-19(22-25-21)17-11-12-18(20(23)24)16-10-6-5-9-15(16)17;1-2/h2-12H,13H2,1H3,(H,23,24);1-2H3. The molecule has 1 heterocycles. The molecule has 138 valence electrons. The first-order valence-electron chi connectivity index (χ1n) is 9.14. The first-order valence-corrected chi connectivity index (χ1v) is 9.14. The van der Waals surface area contributed by atoms with Gasteiger partial charge in [-0.3, -0.25) is 0 Å². The van der Waals surface area contributed by atoms with E-state index >= 15 is 0 Å². The molecule has 0 radical (unpaired) electrons. The molecule has 0 saturated carbocycles. The van der Waals surface area contributed by atoms with Gasteiger partial charge in [-0.2, -0.15) is 0 Å². The van der Waals surface area contributed by atoms with Crippen LogP contribution in [0.4, 0.5) is 0 Å². The van der Waals surface area contributed by atoms with Crippen LogP contribution in [0, 0.1) is 0 Å². The Labute approximate surface area is 159 Å². The number of nitrogens with zero attached hydrogens (tertiary/aromatic N) is 1. The van der Waals surface area contributed by atoms with Gasteiger partial charge in [0.25, 0.3) is 0 Å². The van der Waals surface area contributed by atoms with Gasteiger partial charge in [0.15, 0.2) is 5.60 Å². The molecule has 1 atom stereocenters. The van der Waals surface area contributed by atoms with Crippen molar-refractivity contribution >= 4 is 22.5 Å². The van der Waals surface area contributed by atoms with Crippen molar-refractivity contribution in [3.63, 3.8) is 0 Å². The molecular weight excluding hydrogens is 338 g/mol. The van der Waals surface area contributed by atoms with Crippen LogP contribution in [0.25, 0.3) is 10.8 Å². The van der Waals surface area contributed by atoms with E-state index in [2.05, 4.69) is 5.16 Å². The number of carbonyl (C=O) groups is 1. The van der Waals surface area contributed by atoms with E-state index in [0.717, 1.165) is 22.2 Å². The first-order chi connectivity index (χ1) is 13.1. The van der Waals surface area contributed by atoms with Crippen LogP contribution in [0.2, 0.25) is 0 Å². The summed E-state index contributed by atoms with van der Waals surface area (Å²) in [5, 5.41) is 15.3. The fraction of sp³-hybridized carbons (Fsp3) is 0.217. The summed E-state index contributed by atoms with van der Waals surface area (Å²) < 4.78 is 0. The second-order valence-electron chi connectivity index (χ2n) is 6.41. The van der Waals surface area contributed by atoms with Gasteiger partial charge in [-0.25, -0.2) is 4.79 Å². The number of fused-ring (bicyclic) bond motifs is 1. The molecule has 4 nitrogen and oxygen atoms in total. The third-order valence-corrected chi connectivity index (χ3v) is 4.71. The number of benzene rings is 3. The zero-order chi connectivity index (χ0) is 19.4. The van der Waals surface area contributed by atoms with E-state index in [1.54, 1.807) is 6.07 Å². The third-order valence-electron chi connectivity index (χ3n) is 4.71. The van der Waals surface area contributed by atoms with Crippen LogP contribution in [-0.4, -0.2) is 16.8 Å². The Balaban J connectivity index is 0.00000102. The largest absolute Gasteiger partial charge is 0.478 e. The van der Waals surface area contributed by atoms with Crippen molar-refractivity contribution in [1.82, 2.24) is 0 Å².